The van der Waals surface area contributed by atoms with Crippen LogP contribution in [0, 0.1) is 52.3 Å². The number of hydrogen-bond acceptors (Lipinski definition) is 5. The summed E-state index contributed by atoms with van der Waals surface area (Å²) in [7, 11) is 0. The minimum atomic E-state index is -0.134. The highest BCUT2D eigenvalue weighted by Crippen LogP contribution is 2.68. The van der Waals surface area contributed by atoms with Crippen LogP contribution >= 0.6 is 0 Å². The Morgan fingerprint density at radius 3 is 2.31 bits per heavy atom. The minimum Gasteiger partial charge on any atom is -0.463 e. The van der Waals surface area contributed by atoms with Crippen LogP contribution in [0.25, 0.3) is 0 Å². The number of carbonyl (C=O) groups excluding carboxylic acids is 2. The summed E-state index contributed by atoms with van der Waals surface area (Å²) in [6.07, 6.45) is 11.7. The van der Waals surface area contributed by atoms with Crippen molar-refractivity contribution in [3.05, 3.63) is 0 Å². The highest BCUT2D eigenvalue weighted by molar-refractivity contribution is 5.87. The molecule has 1 heterocycles. The van der Waals surface area contributed by atoms with Crippen LogP contribution in [0.1, 0.15) is 106 Å². The predicted octanol–water partition coefficient (Wildman–Crippen LogP) is 6.63. The normalized spacial score (nSPS) is 47.0. The highest BCUT2D eigenvalue weighted by Gasteiger charge is 2.64. The number of aliphatic imine (C=N–C) groups is 1. The zero-order valence-electron chi connectivity index (χ0n) is 23.6. The van der Waals surface area contributed by atoms with Gasteiger partial charge in [-0.25, -0.2) is 0 Å². The molecule has 0 aromatic rings. The average molecular weight is 500 g/mol. The molecule has 202 valence electrons. The lowest BCUT2D eigenvalue weighted by molar-refractivity contribution is -0.160. The third-order valence-electron chi connectivity index (χ3n) is 11.9. The fourth-order valence-corrected chi connectivity index (χ4v) is 10.2. The number of hydrogen-bond donors (Lipinski definition) is 0. The monoisotopic (exact) mass is 499 g/mol. The molecule has 4 fully saturated rings. The number of esters is 2. The van der Waals surface area contributed by atoms with Crippen molar-refractivity contribution in [2.45, 2.75) is 118 Å². The molecule has 4 saturated carbocycles. The maximum Gasteiger partial charge on any atom is 0.302 e. The van der Waals surface area contributed by atoms with Crippen LogP contribution < -0.4 is 0 Å². The topological polar surface area (TPSA) is 65.0 Å². The SMILES string of the molecule is CC(=O)OC1CCC2(C)C(CCC3C2CCC2(C)C3CC(OC(C)=O)C2C(C)C2=NCC(C)CC2)C1. The van der Waals surface area contributed by atoms with E-state index in [1.165, 1.54) is 44.2 Å². The molecule has 0 bridgehead atoms. The Morgan fingerprint density at radius 1 is 0.917 bits per heavy atom. The molecule has 5 heteroatoms. The van der Waals surface area contributed by atoms with Crippen LogP contribution in [0.3, 0.4) is 0 Å². The van der Waals surface area contributed by atoms with Crippen LogP contribution in [-0.2, 0) is 19.1 Å². The van der Waals surface area contributed by atoms with E-state index in [4.69, 9.17) is 14.5 Å². The van der Waals surface area contributed by atoms with Gasteiger partial charge in [-0.3, -0.25) is 14.6 Å². The maximum atomic E-state index is 12.2. The summed E-state index contributed by atoms with van der Waals surface area (Å²) >= 11 is 0. The summed E-state index contributed by atoms with van der Waals surface area (Å²) in [5.41, 5.74) is 1.91. The molecule has 0 N–H and O–H groups in total. The summed E-state index contributed by atoms with van der Waals surface area (Å²) in [4.78, 5) is 28.9. The van der Waals surface area contributed by atoms with Gasteiger partial charge in [0.15, 0.2) is 0 Å². The first kappa shape index (κ1) is 26.2. The van der Waals surface area contributed by atoms with E-state index in [1.807, 2.05) is 0 Å². The van der Waals surface area contributed by atoms with Gasteiger partial charge in [0.1, 0.15) is 12.2 Å². The van der Waals surface area contributed by atoms with Crippen molar-refractivity contribution < 1.29 is 19.1 Å². The molecular weight excluding hydrogens is 450 g/mol. The van der Waals surface area contributed by atoms with Gasteiger partial charge in [0.25, 0.3) is 0 Å². The van der Waals surface area contributed by atoms with Crippen molar-refractivity contribution in [3.63, 3.8) is 0 Å². The fourth-order valence-electron chi connectivity index (χ4n) is 10.2. The van der Waals surface area contributed by atoms with Gasteiger partial charge in [0.2, 0.25) is 0 Å². The van der Waals surface area contributed by atoms with E-state index < -0.39 is 0 Å². The van der Waals surface area contributed by atoms with Crippen LogP contribution in [0.2, 0.25) is 0 Å². The molecule has 36 heavy (non-hydrogen) atoms. The summed E-state index contributed by atoms with van der Waals surface area (Å²) < 4.78 is 11.8. The van der Waals surface area contributed by atoms with Gasteiger partial charge >= 0.3 is 11.9 Å². The minimum absolute atomic E-state index is 0.0125. The Kier molecular flexibility index (Phi) is 7.09. The van der Waals surface area contributed by atoms with E-state index in [2.05, 4.69) is 27.7 Å². The number of rotatable bonds is 4. The summed E-state index contributed by atoms with van der Waals surface area (Å²) in [6, 6.07) is 0. The molecule has 0 amide bonds. The molecular formula is C31H49NO4. The van der Waals surface area contributed by atoms with Crippen molar-refractivity contribution in [2.75, 3.05) is 6.54 Å². The second kappa shape index (κ2) is 9.73. The molecule has 5 aliphatic rings. The lowest BCUT2D eigenvalue weighted by Gasteiger charge is -2.61. The van der Waals surface area contributed by atoms with Crippen LogP contribution in [0.5, 0.6) is 0 Å². The van der Waals surface area contributed by atoms with E-state index in [-0.39, 0.29) is 29.6 Å². The standard InChI is InChI=1S/C31H49NO4/c1-18-7-10-27(32-17-18)19(2)29-28(36-21(4)34)16-26-24-9-8-22-15-23(35-20(3)33)11-13-30(22,5)25(24)12-14-31(26,29)6/h18-19,22-26,28-29H,7-17H2,1-6H3. The molecule has 0 aromatic heterocycles. The quantitative estimate of drug-likeness (QED) is 0.408. The smallest absolute Gasteiger partial charge is 0.302 e. The summed E-state index contributed by atoms with van der Waals surface area (Å²) in [5.74, 6) is 3.86. The van der Waals surface area contributed by atoms with E-state index in [1.54, 1.807) is 13.8 Å². The first-order valence-electron chi connectivity index (χ1n) is 14.9. The summed E-state index contributed by atoms with van der Waals surface area (Å²) in [6.45, 7) is 13.9. The molecule has 11 unspecified atom stereocenters. The van der Waals surface area contributed by atoms with Crippen LogP contribution in [-0.4, -0.2) is 36.4 Å². The fraction of sp³-hybridized carbons (Fsp3) is 0.903. The predicted molar refractivity (Wildman–Crippen MR) is 142 cm³/mol. The van der Waals surface area contributed by atoms with Gasteiger partial charge in [-0.15, -0.1) is 0 Å². The lowest BCUT2D eigenvalue weighted by Crippen LogP contribution is -2.54. The van der Waals surface area contributed by atoms with Gasteiger partial charge in [-0.05, 0) is 105 Å². The molecule has 0 radical (unpaired) electrons. The third kappa shape index (κ3) is 4.45. The van der Waals surface area contributed by atoms with E-state index in [9.17, 15) is 9.59 Å². The Bertz CT molecular complexity index is 899. The molecule has 11 atom stereocenters. The molecule has 1 aliphatic heterocycles. The van der Waals surface area contributed by atoms with Gasteiger partial charge < -0.3 is 9.47 Å². The van der Waals surface area contributed by atoms with Crippen molar-refractivity contribution in [2.24, 2.45) is 57.2 Å². The van der Waals surface area contributed by atoms with E-state index in [0.29, 0.717) is 40.9 Å². The Balaban J connectivity index is 1.39. The van der Waals surface area contributed by atoms with Crippen LogP contribution in [0.4, 0.5) is 0 Å². The second-order valence-corrected chi connectivity index (χ2v) is 13.9. The summed E-state index contributed by atoms with van der Waals surface area (Å²) in [5, 5.41) is 0. The van der Waals surface area contributed by atoms with Crippen molar-refractivity contribution in [3.8, 4) is 0 Å². The van der Waals surface area contributed by atoms with Crippen molar-refractivity contribution in [1.29, 1.82) is 0 Å². The first-order chi connectivity index (χ1) is 17.0. The van der Waals surface area contributed by atoms with Crippen LogP contribution in [0.15, 0.2) is 4.99 Å². The largest absolute Gasteiger partial charge is 0.463 e. The van der Waals surface area contributed by atoms with Gasteiger partial charge in [-0.2, -0.15) is 0 Å². The van der Waals surface area contributed by atoms with Gasteiger partial charge in [0, 0.05) is 37.9 Å². The number of fused-ring (bicyclic) bond motifs is 5. The number of ether oxygens (including phenoxy) is 2. The first-order valence-corrected chi connectivity index (χ1v) is 14.9. The second-order valence-electron chi connectivity index (χ2n) is 13.9. The maximum absolute atomic E-state index is 12.2. The zero-order valence-corrected chi connectivity index (χ0v) is 23.6. The van der Waals surface area contributed by atoms with E-state index in [0.717, 1.165) is 38.1 Å². The molecule has 0 spiro atoms. The lowest BCUT2D eigenvalue weighted by atomic mass is 9.44. The molecule has 5 nitrogen and oxygen atoms in total. The van der Waals surface area contributed by atoms with Gasteiger partial charge in [0.05, 0.1) is 0 Å². The number of nitrogens with zero attached hydrogens (tertiary/aromatic N) is 1. The third-order valence-corrected chi connectivity index (χ3v) is 11.9. The Morgan fingerprint density at radius 2 is 1.64 bits per heavy atom. The zero-order chi connectivity index (χ0) is 25.8. The Labute approximate surface area is 218 Å². The molecule has 5 rings (SSSR count). The molecule has 4 aliphatic carbocycles. The highest BCUT2D eigenvalue weighted by atomic mass is 16.5. The average Bonchev–Trinajstić information content (AvgIpc) is 3.10. The Hall–Kier alpha value is -1.39. The van der Waals surface area contributed by atoms with Gasteiger partial charge in [-0.1, -0.05) is 27.7 Å². The van der Waals surface area contributed by atoms with E-state index >= 15 is 0 Å². The molecule has 0 aromatic carbocycles. The van der Waals surface area contributed by atoms with Crippen molar-refractivity contribution >= 4 is 17.7 Å². The molecule has 0 saturated heterocycles. The number of carbonyl (C=O) groups is 2. The van der Waals surface area contributed by atoms with Crippen molar-refractivity contribution in [1.82, 2.24) is 0 Å².